The summed E-state index contributed by atoms with van der Waals surface area (Å²) >= 11 is 18.0. The summed E-state index contributed by atoms with van der Waals surface area (Å²) in [6.07, 6.45) is 1.44. The molecule has 8 heteroatoms. The minimum Gasteiger partial charge on any atom is -0.328 e. The molecule has 0 spiro atoms. The van der Waals surface area contributed by atoms with Gasteiger partial charge in [0.2, 0.25) is 5.96 Å². The molecule has 1 aliphatic heterocycles. The van der Waals surface area contributed by atoms with E-state index in [2.05, 4.69) is 10.4 Å². The Hall–Kier alpha value is -1.01. The second kappa shape index (κ2) is 4.59. The Kier molecular flexibility index (Phi) is 3.42. The summed E-state index contributed by atoms with van der Waals surface area (Å²) in [7, 11) is 1.62. The molecule has 0 aromatic heterocycles. The maximum Gasteiger partial charge on any atom is 0.213 e. The number of hydrogen-bond acceptors (Lipinski definition) is 3. The molecule has 1 atom stereocenters. The van der Waals surface area contributed by atoms with Crippen LogP contribution in [0.5, 0.6) is 0 Å². The molecule has 0 radical (unpaired) electrons. The van der Waals surface area contributed by atoms with E-state index >= 15 is 0 Å². The van der Waals surface area contributed by atoms with E-state index < -0.39 is 5.66 Å². The zero-order valence-corrected chi connectivity index (χ0v) is 11.6. The minimum absolute atomic E-state index is 0.0483. The van der Waals surface area contributed by atoms with E-state index in [-0.39, 0.29) is 11.0 Å². The van der Waals surface area contributed by atoms with Gasteiger partial charge in [-0.2, -0.15) is 5.10 Å². The largest absolute Gasteiger partial charge is 0.328 e. The Labute approximate surface area is 119 Å². The lowest BCUT2D eigenvalue weighted by molar-refractivity contribution is 0.428. The zero-order valence-electron chi connectivity index (χ0n) is 9.34. The normalized spacial score (nSPS) is 23.2. The van der Waals surface area contributed by atoms with Gasteiger partial charge in [0, 0.05) is 17.6 Å². The number of nitrogens with zero attached hydrogens (tertiary/aromatic N) is 2. The minimum atomic E-state index is -1.21. The summed E-state index contributed by atoms with van der Waals surface area (Å²) < 4.78 is 0. The van der Waals surface area contributed by atoms with Crippen molar-refractivity contribution in [3.8, 4) is 0 Å². The number of hydrazone groups is 1. The maximum atomic E-state index is 7.69. The molecule has 0 saturated carbocycles. The van der Waals surface area contributed by atoms with E-state index in [1.54, 1.807) is 13.1 Å². The molecule has 1 heterocycles. The quantitative estimate of drug-likeness (QED) is 0.696. The molecule has 4 N–H and O–H groups in total. The first-order valence-corrected chi connectivity index (χ1v) is 6.06. The van der Waals surface area contributed by atoms with Crippen LogP contribution in [0.25, 0.3) is 0 Å². The topological polar surface area (TPSA) is 77.5 Å². The Morgan fingerprint density at radius 3 is 2.67 bits per heavy atom. The third-order valence-corrected chi connectivity index (χ3v) is 3.54. The van der Waals surface area contributed by atoms with Crippen LogP contribution in [0.4, 0.5) is 0 Å². The summed E-state index contributed by atoms with van der Waals surface area (Å²) in [5.41, 5.74) is 5.39. The van der Waals surface area contributed by atoms with Crippen molar-refractivity contribution in [1.82, 2.24) is 10.3 Å². The van der Waals surface area contributed by atoms with Gasteiger partial charge in [-0.25, -0.2) is 5.01 Å². The van der Waals surface area contributed by atoms with Crippen molar-refractivity contribution in [2.75, 3.05) is 7.05 Å². The lowest BCUT2D eigenvalue weighted by Gasteiger charge is -2.34. The monoisotopic (exact) mass is 305 g/mol. The summed E-state index contributed by atoms with van der Waals surface area (Å²) in [5, 5.41) is 16.8. The average Bonchev–Trinajstić information content (AvgIpc) is 2.29. The molecular formula is C10H10Cl3N5. The van der Waals surface area contributed by atoms with E-state index in [4.69, 9.17) is 45.9 Å². The molecule has 1 aromatic rings. The molecule has 18 heavy (non-hydrogen) atoms. The van der Waals surface area contributed by atoms with Crippen molar-refractivity contribution in [3.63, 3.8) is 0 Å². The van der Waals surface area contributed by atoms with Crippen LogP contribution in [0.3, 0.4) is 0 Å². The van der Waals surface area contributed by atoms with Gasteiger partial charge in [-0.15, -0.1) is 0 Å². The zero-order chi connectivity index (χ0) is 13.5. The number of guanidine groups is 1. The fourth-order valence-corrected chi connectivity index (χ4v) is 2.30. The third-order valence-electron chi connectivity index (χ3n) is 2.52. The first kappa shape index (κ1) is 13.4. The van der Waals surface area contributed by atoms with Crippen LogP contribution in [0.15, 0.2) is 17.2 Å². The Morgan fingerprint density at radius 2 is 2.06 bits per heavy atom. The van der Waals surface area contributed by atoms with Gasteiger partial charge in [0.15, 0.2) is 5.66 Å². The molecule has 0 amide bonds. The number of rotatable bonds is 1. The molecule has 1 aliphatic rings. The molecule has 5 nitrogen and oxygen atoms in total. The van der Waals surface area contributed by atoms with E-state index in [1.807, 2.05) is 0 Å². The van der Waals surface area contributed by atoms with Crippen molar-refractivity contribution in [1.29, 1.82) is 5.41 Å². The summed E-state index contributed by atoms with van der Waals surface area (Å²) in [6.45, 7) is 0. The number of nitrogens with two attached hydrogens (primary N) is 1. The second-order valence-electron chi connectivity index (χ2n) is 3.86. The van der Waals surface area contributed by atoms with Crippen LogP contribution in [0, 0.1) is 5.41 Å². The summed E-state index contributed by atoms with van der Waals surface area (Å²) in [5.74, 6) is 0.0483. The van der Waals surface area contributed by atoms with Crippen LogP contribution in [-0.4, -0.2) is 24.2 Å². The molecule has 0 saturated heterocycles. The lowest BCUT2D eigenvalue weighted by atomic mass is 10.0. The highest BCUT2D eigenvalue weighted by Crippen LogP contribution is 2.34. The van der Waals surface area contributed by atoms with Crippen molar-refractivity contribution < 1.29 is 0 Å². The number of hydrogen-bond donors (Lipinski definition) is 3. The van der Waals surface area contributed by atoms with Gasteiger partial charge < -0.3 is 11.1 Å². The molecule has 2 rings (SSSR count). The third kappa shape index (κ3) is 2.27. The van der Waals surface area contributed by atoms with Gasteiger partial charge in [-0.1, -0.05) is 34.8 Å². The molecule has 0 fully saturated rings. The predicted molar refractivity (Wildman–Crippen MR) is 74.5 cm³/mol. The molecule has 0 aliphatic carbocycles. The standard InChI is InChI=1S/C10H10Cl3N5/c1-18-9(14)17-10(15,4-16-18)6-2-5(11)3-7(12)8(6)13/h2-4H,15H2,1H3,(H2,14,17). The van der Waals surface area contributed by atoms with Gasteiger partial charge in [-0.05, 0) is 12.1 Å². The Bertz CT molecular complexity index is 545. The van der Waals surface area contributed by atoms with E-state index in [0.717, 1.165) is 0 Å². The van der Waals surface area contributed by atoms with Crippen molar-refractivity contribution in [2.45, 2.75) is 5.66 Å². The van der Waals surface area contributed by atoms with Crippen LogP contribution in [0.2, 0.25) is 15.1 Å². The van der Waals surface area contributed by atoms with Crippen LogP contribution in [0.1, 0.15) is 5.56 Å². The van der Waals surface area contributed by atoms with Gasteiger partial charge in [0.25, 0.3) is 0 Å². The first-order chi connectivity index (χ1) is 8.33. The number of benzene rings is 1. The fraction of sp³-hybridized carbons (Fsp3) is 0.200. The maximum absolute atomic E-state index is 7.69. The average molecular weight is 307 g/mol. The molecule has 96 valence electrons. The smallest absolute Gasteiger partial charge is 0.213 e. The Morgan fingerprint density at radius 1 is 1.39 bits per heavy atom. The second-order valence-corrected chi connectivity index (χ2v) is 5.08. The van der Waals surface area contributed by atoms with Gasteiger partial charge in [-0.3, -0.25) is 5.41 Å². The van der Waals surface area contributed by atoms with Gasteiger partial charge in [0.05, 0.1) is 16.3 Å². The van der Waals surface area contributed by atoms with Crippen LogP contribution in [-0.2, 0) is 5.66 Å². The van der Waals surface area contributed by atoms with Crippen LogP contribution < -0.4 is 11.1 Å². The van der Waals surface area contributed by atoms with Crippen LogP contribution >= 0.6 is 34.8 Å². The Balaban J connectivity index is 2.55. The lowest BCUT2D eigenvalue weighted by Crippen LogP contribution is -2.60. The van der Waals surface area contributed by atoms with E-state index in [0.29, 0.717) is 15.6 Å². The summed E-state index contributed by atoms with van der Waals surface area (Å²) in [4.78, 5) is 0. The van der Waals surface area contributed by atoms with Crippen molar-refractivity contribution in [3.05, 3.63) is 32.8 Å². The van der Waals surface area contributed by atoms with Gasteiger partial charge in [0.1, 0.15) is 0 Å². The molecular weight excluding hydrogens is 297 g/mol. The van der Waals surface area contributed by atoms with E-state index in [1.165, 1.54) is 17.3 Å². The highest BCUT2D eigenvalue weighted by molar-refractivity contribution is 6.43. The molecule has 1 unspecified atom stereocenters. The van der Waals surface area contributed by atoms with Gasteiger partial charge >= 0.3 is 0 Å². The number of halogens is 3. The highest BCUT2D eigenvalue weighted by atomic mass is 35.5. The SMILES string of the molecule is CN1N=CC(N)(c2cc(Cl)cc(Cl)c2Cl)NC1=N. The molecule has 0 bridgehead atoms. The summed E-state index contributed by atoms with van der Waals surface area (Å²) in [6, 6.07) is 3.11. The fourth-order valence-electron chi connectivity index (χ4n) is 1.54. The van der Waals surface area contributed by atoms with Crippen molar-refractivity contribution in [2.24, 2.45) is 10.8 Å². The predicted octanol–water partition coefficient (Wildman–Crippen LogP) is 2.21. The van der Waals surface area contributed by atoms with Crippen molar-refractivity contribution >= 4 is 47.0 Å². The molecule has 1 aromatic carbocycles. The first-order valence-electron chi connectivity index (χ1n) is 4.93. The van der Waals surface area contributed by atoms with E-state index in [9.17, 15) is 0 Å². The number of nitrogens with one attached hydrogen (secondary N) is 2. The highest BCUT2D eigenvalue weighted by Gasteiger charge is 2.33.